The van der Waals surface area contributed by atoms with Crippen LogP contribution in [-0.4, -0.2) is 17.7 Å². The van der Waals surface area contributed by atoms with E-state index in [2.05, 4.69) is 0 Å². The standard InChI is InChI=1S/C13H17FO3/c1-3-17-13(16)7-6-12(15)11-5-4-10(14)8-9(11)2/h4-5,8,12,15H,3,6-7H2,1-2H3. The van der Waals surface area contributed by atoms with Gasteiger partial charge >= 0.3 is 5.97 Å². The number of rotatable bonds is 5. The van der Waals surface area contributed by atoms with Gasteiger partial charge in [-0.2, -0.15) is 0 Å². The third-order valence-corrected chi connectivity index (χ3v) is 2.52. The molecule has 1 aromatic rings. The van der Waals surface area contributed by atoms with Crippen molar-refractivity contribution in [2.24, 2.45) is 0 Å². The molecule has 94 valence electrons. The van der Waals surface area contributed by atoms with E-state index >= 15 is 0 Å². The van der Waals surface area contributed by atoms with Gasteiger partial charge in [0.15, 0.2) is 0 Å². The van der Waals surface area contributed by atoms with Crippen LogP contribution in [0.2, 0.25) is 0 Å². The molecule has 0 radical (unpaired) electrons. The molecule has 1 unspecified atom stereocenters. The summed E-state index contributed by atoms with van der Waals surface area (Å²) in [5.74, 6) is -0.657. The third-order valence-electron chi connectivity index (χ3n) is 2.52. The van der Waals surface area contributed by atoms with E-state index in [1.54, 1.807) is 19.9 Å². The molecule has 0 saturated carbocycles. The lowest BCUT2D eigenvalue weighted by atomic mass is 10.00. The van der Waals surface area contributed by atoms with Gasteiger partial charge in [-0.15, -0.1) is 0 Å². The van der Waals surface area contributed by atoms with Crippen molar-refractivity contribution in [3.8, 4) is 0 Å². The normalized spacial score (nSPS) is 12.2. The van der Waals surface area contributed by atoms with Crippen LogP contribution in [0.15, 0.2) is 18.2 Å². The van der Waals surface area contributed by atoms with Crippen LogP contribution in [0.3, 0.4) is 0 Å². The van der Waals surface area contributed by atoms with Crippen LogP contribution in [0.4, 0.5) is 4.39 Å². The van der Waals surface area contributed by atoms with E-state index in [1.807, 2.05) is 0 Å². The molecule has 1 aromatic carbocycles. The zero-order valence-corrected chi connectivity index (χ0v) is 10.1. The van der Waals surface area contributed by atoms with Crippen LogP contribution in [0, 0.1) is 12.7 Å². The van der Waals surface area contributed by atoms with Crippen molar-refractivity contribution in [1.82, 2.24) is 0 Å². The molecule has 0 aliphatic carbocycles. The summed E-state index contributed by atoms with van der Waals surface area (Å²) in [4.78, 5) is 11.1. The highest BCUT2D eigenvalue weighted by molar-refractivity contribution is 5.69. The molecule has 0 aliphatic rings. The first-order chi connectivity index (χ1) is 8.04. The number of esters is 1. The van der Waals surface area contributed by atoms with E-state index in [9.17, 15) is 14.3 Å². The second-order valence-electron chi connectivity index (χ2n) is 3.86. The molecule has 0 fully saturated rings. The van der Waals surface area contributed by atoms with E-state index in [-0.39, 0.29) is 24.6 Å². The summed E-state index contributed by atoms with van der Waals surface area (Å²) in [7, 11) is 0. The number of hydrogen-bond donors (Lipinski definition) is 1. The van der Waals surface area contributed by atoms with Gasteiger partial charge in [-0.25, -0.2) is 4.39 Å². The van der Waals surface area contributed by atoms with Gasteiger partial charge in [0.05, 0.1) is 12.7 Å². The van der Waals surface area contributed by atoms with Crippen molar-refractivity contribution in [1.29, 1.82) is 0 Å². The first kappa shape index (κ1) is 13.6. The Bertz CT molecular complexity index is 390. The van der Waals surface area contributed by atoms with Crippen LogP contribution in [-0.2, 0) is 9.53 Å². The lowest BCUT2D eigenvalue weighted by Crippen LogP contribution is -2.08. The number of carbonyl (C=O) groups is 1. The van der Waals surface area contributed by atoms with Gasteiger partial charge in [0.1, 0.15) is 5.82 Å². The molecule has 4 heteroatoms. The van der Waals surface area contributed by atoms with Gasteiger partial charge in [-0.05, 0) is 43.5 Å². The largest absolute Gasteiger partial charge is 0.466 e. The molecular weight excluding hydrogens is 223 g/mol. The van der Waals surface area contributed by atoms with Gasteiger partial charge in [0.2, 0.25) is 0 Å². The van der Waals surface area contributed by atoms with Crippen molar-refractivity contribution < 1.29 is 19.0 Å². The van der Waals surface area contributed by atoms with E-state index in [1.165, 1.54) is 12.1 Å². The van der Waals surface area contributed by atoms with Crippen molar-refractivity contribution in [3.05, 3.63) is 35.1 Å². The van der Waals surface area contributed by atoms with Crippen molar-refractivity contribution in [3.63, 3.8) is 0 Å². The van der Waals surface area contributed by atoms with Crippen LogP contribution >= 0.6 is 0 Å². The molecule has 0 bridgehead atoms. The second-order valence-corrected chi connectivity index (χ2v) is 3.86. The Morgan fingerprint density at radius 1 is 1.53 bits per heavy atom. The molecule has 0 saturated heterocycles. The molecule has 1 atom stereocenters. The zero-order valence-electron chi connectivity index (χ0n) is 10.1. The number of aliphatic hydroxyl groups excluding tert-OH is 1. The number of hydrogen-bond acceptors (Lipinski definition) is 3. The van der Waals surface area contributed by atoms with E-state index < -0.39 is 6.10 Å². The number of ether oxygens (including phenoxy) is 1. The topological polar surface area (TPSA) is 46.5 Å². The summed E-state index contributed by atoms with van der Waals surface area (Å²) in [6, 6.07) is 4.21. The predicted molar refractivity (Wildman–Crippen MR) is 62.0 cm³/mol. The number of aliphatic hydroxyl groups is 1. The Labute approximate surface area is 100 Å². The van der Waals surface area contributed by atoms with Gasteiger partial charge < -0.3 is 9.84 Å². The summed E-state index contributed by atoms with van der Waals surface area (Å²) in [6.45, 7) is 3.80. The van der Waals surface area contributed by atoms with Crippen LogP contribution < -0.4 is 0 Å². The summed E-state index contributed by atoms with van der Waals surface area (Å²) < 4.78 is 17.6. The summed E-state index contributed by atoms with van der Waals surface area (Å²) in [6.07, 6.45) is -0.322. The van der Waals surface area contributed by atoms with Gasteiger partial charge in [-0.1, -0.05) is 6.07 Å². The zero-order chi connectivity index (χ0) is 12.8. The van der Waals surface area contributed by atoms with Crippen molar-refractivity contribution in [2.45, 2.75) is 32.8 Å². The molecular formula is C13H17FO3. The molecule has 0 aromatic heterocycles. The Morgan fingerprint density at radius 3 is 2.82 bits per heavy atom. The van der Waals surface area contributed by atoms with E-state index in [0.717, 1.165) is 0 Å². The quantitative estimate of drug-likeness (QED) is 0.804. The fourth-order valence-electron chi connectivity index (χ4n) is 1.66. The Morgan fingerprint density at radius 2 is 2.24 bits per heavy atom. The minimum Gasteiger partial charge on any atom is -0.466 e. The SMILES string of the molecule is CCOC(=O)CCC(O)c1ccc(F)cc1C. The van der Waals surface area contributed by atoms with Gasteiger partial charge in [0.25, 0.3) is 0 Å². The van der Waals surface area contributed by atoms with E-state index in [4.69, 9.17) is 4.74 Å². The maximum atomic E-state index is 12.9. The Kier molecular flexibility index (Phi) is 5.10. The van der Waals surface area contributed by atoms with Crippen LogP contribution in [0.1, 0.15) is 37.0 Å². The third kappa shape index (κ3) is 4.15. The summed E-state index contributed by atoms with van der Waals surface area (Å²) in [5, 5.41) is 9.88. The van der Waals surface area contributed by atoms with E-state index in [0.29, 0.717) is 17.7 Å². The Hall–Kier alpha value is -1.42. The average molecular weight is 240 g/mol. The first-order valence-corrected chi connectivity index (χ1v) is 5.64. The van der Waals surface area contributed by atoms with Crippen LogP contribution in [0.25, 0.3) is 0 Å². The maximum Gasteiger partial charge on any atom is 0.305 e. The van der Waals surface area contributed by atoms with Gasteiger partial charge in [0, 0.05) is 6.42 Å². The maximum absolute atomic E-state index is 12.9. The molecule has 0 spiro atoms. The second kappa shape index (κ2) is 6.35. The lowest BCUT2D eigenvalue weighted by Gasteiger charge is -2.13. The molecule has 3 nitrogen and oxygen atoms in total. The highest BCUT2D eigenvalue weighted by atomic mass is 19.1. The molecule has 1 N–H and O–H groups in total. The van der Waals surface area contributed by atoms with Crippen LogP contribution in [0.5, 0.6) is 0 Å². The molecule has 17 heavy (non-hydrogen) atoms. The number of halogens is 1. The van der Waals surface area contributed by atoms with Crippen molar-refractivity contribution in [2.75, 3.05) is 6.61 Å². The molecule has 0 aliphatic heterocycles. The van der Waals surface area contributed by atoms with Gasteiger partial charge in [-0.3, -0.25) is 4.79 Å². The predicted octanol–water partition coefficient (Wildman–Crippen LogP) is 2.51. The highest BCUT2D eigenvalue weighted by Crippen LogP contribution is 2.22. The minimum absolute atomic E-state index is 0.159. The lowest BCUT2D eigenvalue weighted by molar-refractivity contribution is -0.143. The number of benzene rings is 1. The first-order valence-electron chi connectivity index (χ1n) is 5.64. The average Bonchev–Trinajstić information content (AvgIpc) is 2.26. The number of aryl methyl sites for hydroxylation is 1. The summed E-state index contributed by atoms with van der Waals surface area (Å²) in [5.41, 5.74) is 1.33. The fraction of sp³-hybridized carbons (Fsp3) is 0.462. The molecule has 0 heterocycles. The molecule has 0 amide bonds. The molecule has 1 rings (SSSR count). The minimum atomic E-state index is -0.764. The smallest absolute Gasteiger partial charge is 0.305 e. The summed E-state index contributed by atoms with van der Waals surface area (Å²) >= 11 is 0. The monoisotopic (exact) mass is 240 g/mol. The fourth-order valence-corrected chi connectivity index (χ4v) is 1.66. The Balaban J connectivity index is 2.57. The van der Waals surface area contributed by atoms with Crippen molar-refractivity contribution >= 4 is 5.97 Å². The highest BCUT2D eigenvalue weighted by Gasteiger charge is 2.13. The number of carbonyl (C=O) groups excluding carboxylic acids is 1.